The summed E-state index contributed by atoms with van der Waals surface area (Å²) in [5, 5.41) is 6.23. The molecule has 152 valence electrons. The number of ether oxygens (including phenoxy) is 1. The third kappa shape index (κ3) is 3.94. The number of H-pyrrole nitrogens is 1. The van der Waals surface area contributed by atoms with Crippen LogP contribution in [-0.4, -0.2) is 23.3 Å². The lowest BCUT2D eigenvalue weighted by atomic mass is 9.82. The molecule has 1 saturated carbocycles. The Bertz CT molecular complexity index is 1050. The zero-order valence-electron chi connectivity index (χ0n) is 16.0. The molecule has 0 unspecified atom stereocenters. The van der Waals surface area contributed by atoms with Crippen molar-refractivity contribution in [1.29, 1.82) is 0 Å². The number of hydrogen-bond acceptors (Lipinski definition) is 4. The minimum atomic E-state index is -0.244. The highest BCUT2D eigenvalue weighted by Gasteiger charge is 2.30. The van der Waals surface area contributed by atoms with Crippen molar-refractivity contribution in [3.63, 3.8) is 0 Å². The van der Waals surface area contributed by atoms with Gasteiger partial charge < -0.3 is 15.1 Å². The molecule has 29 heavy (non-hydrogen) atoms. The predicted octanol–water partition coefficient (Wildman–Crippen LogP) is 3.15. The monoisotopic (exact) mass is 414 g/mol. The van der Waals surface area contributed by atoms with Gasteiger partial charge in [0.2, 0.25) is 0 Å². The van der Waals surface area contributed by atoms with Gasteiger partial charge in [-0.25, -0.2) is 4.39 Å². The van der Waals surface area contributed by atoms with Crippen molar-refractivity contribution >= 4 is 24.2 Å². The first-order chi connectivity index (χ1) is 13.8. The van der Waals surface area contributed by atoms with E-state index < -0.39 is 0 Å². The number of rotatable bonds is 3. The van der Waals surface area contributed by atoms with E-state index >= 15 is 0 Å². The molecule has 3 aliphatic rings. The Morgan fingerprint density at radius 3 is 2.66 bits per heavy atom. The van der Waals surface area contributed by atoms with Crippen LogP contribution in [-0.2, 0) is 6.54 Å². The molecule has 0 saturated heterocycles. The second kappa shape index (κ2) is 8.41. The highest BCUT2D eigenvalue weighted by atomic mass is 35.5. The summed E-state index contributed by atoms with van der Waals surface area (Å²) in [4.78, 5) is 7.95. The molecule has 1 aliphatic carbocycles. The number of nitrogens with one attached hydrogen (secondary N) is 2. The lowest BCUT2D eigenvalue weighted by molar-refractivity contribution is 0.144. The van der Waals surface area contributed by atoms with Gasteiger partial charge in [0.1, 0.15) is 11.6 Å². The van der Waals surface area contributed by atoms with E-state index in [2.05, 4.69) is 20.5 Å². The van der Waals surface area contributed by atoms with Crippen molar-refractivity contribution < 1.29 is 9.13 Å². The molecule has 2 aromatic rings. The van der Waals surface area contributed by atoms with E-state index in [1.807, 2.05) is 30.3 Å². The number of nitrogens with zero attached hydrogens (tertiary/aromatic N) is 2. The van der Waals surface area contributed by atoms with E-state index in [9.17, 15) is 4.39 Å². The quantitative estimate of drug-likeness (QED) is 0.810. The van der Waals surface area contributed by atoms with E-state index in [0.717, 1.165) is 59.1 Å². The van der Waals surface area contributed by atoms with Crippen molar-refractivity contribution in [2.45, 2.75) is 38.3 Å². The number of fused-ring (bicyclic) bond motifs is 3. The van der Waals surface area contributed by atoms with Crippen molar-refractivity contribution in [1.82, 2.24) is 10.4 Å². The summed E-state index contributed by atoms with van der Waals surface area (Å²) in [6.45, 7) is 0.990. The number of aromatic nitrogens is 1. The summed E-state index contributed by atoms with van der Waals surface area (Å²) in [5.41, 5.74) is 6.32. The van der Waals surface area contributed by atoms with Gasteiger partial charge in [0.05, 0.1) is 41.3 Å². The van der Waals surface area contributed by atoms with Crippen LogP contribution in [0.25, 0.3) is 6.08 Å². The first kappa shape index (κ1) is 19.7. The topological polar surface area (TPSA) is 61.8 Å². The van der Waals surface area contributed by atoms with Gasteiger partial charge in [-0.3, -0.25) is 4.99 Å². The smallest absolute Gasteiger partial charge is 0.123 e. The molecule has 0 spiro atoms. The highest BCUT2D eigenvalue weighted by molar-refractivity contribution is 6.02. The molecule has 5 rings (SSSR count). The summed E-state index contributed by atoms with van der Waals surface area (Å²) >= 11 is 0. The Morgan fingerprint density at radius 1 is 1.07 bits per heavy atom. The Kier molecular flexibility index (Phi) is 5.72. The second-order valence-corrected chi connectivity index (χ2v) is 7.55. The number of halogens is 2. The van der Waals surface area contributed by atoms with Crippen LogP contribution >= 0.6 is 12.4 Å². The van der Waals surface area contributed by atoms with E-state index in [1.165, 1.54) is 12.2 Å². The Balaban J connectivity index is 0.00000205. The van der Waals surface area contributed by atoms with Crippen LogP contribution in [0.2, 0.25) is 0 Å². The maximum absolute atomic E-state index is 13.8. The zero-order chi connectivity index (χ0) is 18.9. The lowest BCUT2D eigenvalue weighted by Gasteiger charge is -2.30. The van der Waals surface area contributed by atoms with Crippen LogP contribution in [0.5, 0.6) is 5.75 Å². The summed E-state index contributed by atoms with van der Waals surface area (Å²) in [7, 11) is 0. The van der Waals surface area contributed by atoms with Crippen molar-refractivity contribution in [2.75, 3.05) is 6.54 Å². The molecule has 1 aromatic carbocycles. The van der Waals surface area contributed by atoms with E-state index in [-0.39, 0.29) is 24.3 Å². The summed E-state index contributed by atoms with van der Waals surface area (Å²) in [6, 6.07) is 10.0. The maximum atomic E-state index is 13.8. The fourth-order valence-corrected chi connectivity index (χ4v) is 4.35. The molecular weight excluding hydrogens is 391 g/mol. The molecule has 0 radical (unpaired) electrons. The van der Waals surface area contributed by atoms with Crippen molar-refractivity contribution in [2.24, 2.45) is 16.0 Å². The standard InChI is InChI=1S/C22H23FN4O.ClH/c23-15-10-11-24-21-18-13-25-27-20(22(18)26-19(21)12-15)14-6-8-17(9-7-14)28-16-4-2-1-3-5-16;/h1-5,10,12,14,17,25-26H,6-9,11,13H2;1H. The fraction of sp³-hybridized carbons (Fsp3) is 0.364. The molecule has 2 aliphatic heterocycles. The van der Waals surface area contributed by atoms with Gasteiger partial charge in [0.15, 0.2) is 0 Å². The predicted molar refractivity (Wildman–Crippen MR) is 114 cm³/mol. The van der Waals surface area contributed by atoms with E-state index in [4.69, 9.17) is 4.74 Å². The molecule has 0 amide bonds. The normalized spacial score (nSPS) is 22.8. The number of hydrazone groups is 1. The lowest BCUT2D eigenvalue weighted by Crippen LogP contribution is -2.33. The first-order valence-electron chi connectivity index (χ1n) is 9.93. The number of hydrogen-bond donors (Lipinski definition) is 2. The van der Waals surface area contributed by atoms with Gasteiger partial charge in [-0.05, 0) is 50.0 Å². The van der Waals surface area contributed by atoms with Gasteiger partial charge in [-0.1, -0.05) is 18.2 Å². The van der Waals surface area contributed by atoms with Crippen LogP contribution < -0.4 is 20.9 Å². The van der Waals surface area contributed by atoms with Gasteiger partial charge in [0.25, 0.3) is 0 Å². The van der Waals surface area contributed by atoms with Crippen LogP contribution in [0, 0.1) is 5.92 Å². The first-order valence-corrected chi connectivity index (χ1v) is 9.93. The van der Waals surface area contributed by atoms with Gasteiger partial charge in [-0.2, -0.15) is 5.10 Å². The molecule has 0 bridgehead atoms. The second-order valence-electron chi connectivity index (χ2n) is 7.55. The molecule has 3 heterocycles. The molecule has 1 aromatic heterocycles. The minimum absolute atomic E-state index is 0. The van der Waals surface area contributed by atoms with E-state index in [1.54, 1.807) is 0 Å². The van der Waals surface area contributed by atoms with Crippen LogP contribution in [0.15, 0.2) is 52.3 Å². The van der Waals surface area contributed by atoms with Crippen LogP contribution in [0.1, 0.15) is 36.9 Å². The molecule has 0 atom stereocenters. The van der Waals surface area contributed by atoms with E-state index in [0.29, 0.717) is 19.0 Å². The van der Waals surface area contributed by atoms with Gasteiger partial charge >= 0.3 is 0 Å². The summed E-state index contributed by atoms with van der Waals surface area (Å²) in [5.74, 6) is 1.06. The molecule has 7 heteroatoms. The Morgan fingerprint density at radius 2 is 1.86 bits per heavy atom. The Labute approximate surface area is 174 Å². The summed E-state index contributed by atoms with van der Waals surface area (Å²) < 4.78 is 19.9. The summed E-state index contributed by atoms with van der Waals surface area (Å²) in [6.07, 6.45) is 7.33. The Hall–Kier alpha value is -2.60. The molecule has 2 N–H and O–H groups in total. The SMILES string of the molecule is Cl.FC1=CCN=c2c3c([nH]c2=C1)C(C1CCC(Oc2ccccc2)CC1)=NNC3. The van der Waals surface area contributed by atoms with Crippen molar-refractivity contribution in [3.8, 4) is 5.75 Å². The largest absolute Gasteiger partial charge is 0.490 e. The van der Waals surface area contributed by atoms with Crippen molar-refractivity contribution in [3.05, 3.63) is 64.2 Å². The maximum Gasteiger partial charge on any atom is 0.123 e. The average Bonchev–Trinajstić information content (AvgIpc) is 2.95. The highest BCUT2D eigenvalue weighted by Crippen LogP contribution is 2.31. The average molecular weight is 415 g/mol. The van der Waals surface area contributed by atoms with Crippen LogP contribution in [0.4, 0.5) is 4.39 Å². The molecule has 1 fully saturated rings. The zero-order valence-corrected chi connectivity index (χ0v) is 16.8. The fourth-order valence-electron chi connectivity index (χ4n) is 4.35. The number of aromatic amines is 1. The minimum Gasteiger partial charge on any atom is -0.490 e. The molecular formula is C22H24ClFN4O. The number of para-hydroxylation sites is 1. The molecule has 5 nitrogen and oxygen atoms in total. The number of allylic oxidation sites excluding steroid dienone is 1. The van der Waals surface area contributed by atoms with Crippen LogP contribution in [0.3, 0.4) is 0 Å². The van der Waals surface area contributed by atoms with Gasteiger partial charge in [0, 0.05) is 11.5 Å². The third-order valence-electron chi connectivity index (χ3n) is 5.74. The third-order valence-corrected chi connectivity index (χ3v) is 5.74. The number of benzene rings is 1. The van der Waals surface area contributed by atoms with Gasteiger partial charge in [-0.15, -0.1) is 12.4 Å².